The average Bonchev–Trinajstić information content (AvgIpc) is 2.25. The minimum atomic E-state index is -5.02. The van der Waals surface area contributed by atoms with Gasteiger partial charge in [-0.25, -0.2) is 13.8 Å². The van der Waals surface area contributed by atoms with Crippen molar-refractivity contribution < 1.29 is 27.1 Å². The summed E-state index contributed by atoms with van der Waals surface area (Å²) in [6.07, 6.45) is -8.31. The number of aliphatic hydroxyl groups is 1. The van der Waals surface area contributed by atoms with Crippen molar-refractivity contribution in [1.29, 1.82) is 5.26 Å². The van der Waals surface area contributed by atoms with E-state index in [2.05, 4.69) is 4.98 Å². The molecule has 92 valence electrons. The molecule has 1 aromatic heterocycles. The molecule has 0 aromatic carbocycles. The number of rotatable bonds is 2. The van der Waals surface area contributed by atoms with Gasteiger partial charge in [0.2, 0.25) is 0 Å². The molecule has 8 heteroatoms. The second-order valence-electron chi connectivity index (χ2n) is 2.98. The van der Waals surface area contributed by atoms with Gasteiger partial charge in [-0.1, -0.05) is 0 Å². The van der Waals surface area contributed by atoms with Crippen LogP contribution in [-0.2, 0) is 12.8 Å². The van der Waals surface area contributed by atoms with Gasteiger partial charge in [0.15, 0.2) is 0 Å². The highest BCUT2D eigenvalue weighted by molar-refractivity contribution is 5.43. The standard InChI is InChI=1S/C9H5F5N2O/c10-8(11)7-4(3-17)6(1-15)16-2-5(7)9(12,13)14/h2,8,17H,3H2. The quantitative estimate of drug-likeness (QED) is 0.822. The Morgan fingerprint density at radius 2 is 2.00 bits per heavy atom. The van der Waals surface area contributed by atoms with Crippen LogP contribution in [0.4, 0.5) is 22.0 Å². The number of aliphatic hydroxyl groups excluding tert-OH is 1. The lowest BCUT2D eigenvalue weighted by Gasteiger charge is -2.15. The summed E-state index contributed by atoms with van der Waals surface area (Å²) in [6, 6.07) is 1.35. The van der Waals surface area contributed by atoms with Crippen LogP contribution in [0, 0.1) is 11.3 Å². The Morgan fingerprint density at radius 1 is 1.41 bits per heavy atom. The predicted octanol–water partition coefficient (Wildman–Crippen LogP) is 2.40. The molecule has 0 aliphatic carbocycles. The van der Waals surface area contributed by atoms with E-state index in [4.69, 9.17) is 10.4 Å². The van der Waals surface area contributed by atoms with Crippen molar-refractivity contribution >= 4 is 0 Å². The lowest BCUT2D eigenvalue weighted by molar-refractivity contribution is -0.139. The molecule has 1 rings (SSSR count). The molecular weight excluding hydrogens is 247 g/mol. The molecule has 1 N–H and O–H groups in total. The maximum absolute atomic E-state index is 12.6. The fraction of sp³-hybridized carbons (Fsp3) is 0.333. The minimum Gasteiger partial charge on any atom is -0.392 e. The van der Waals surface area contributed by atoms with E-state index in [-0.39, 0.29) is 6.20 Å². The monoisotopic (exact) mass is 252 g/mol. The van der Waals surface area contributed by atoms with Crippen molar-refractivity contribution in [3.8, 4) is 6.07 Å². The van der Waals surface area contributed by atoms with Gasteiger partial charge in [-0.15, -0.1) is 0 Å². The van der Waals surface area contributed by atoms with Crippen LogP contribution in [0.15, 0.2) is 6.20 Å². The largest absolute Gasteiger partial charge is 0.418 e. The van der Waals surface area contributed by atoms with Crippen LogP contribution < -0.4 is 0 Å². The fourth-order valence-electron chi connectivity index (χ4n) is 1.30. The Bertz CT molecular complexity index is 464. The Morgan fingerprint density at radius 3 is 2.35 bits per heavy atom. The van der Waals surface area contributed by atoms with E-state index < -0.39 is 41.6 Å². The molecule has 17 heavy (non-hydrogen) atoms. The van der Waals surface area contributed by atoms with E-state index in [9.17, 15) is 22.0 Å². The van der Waals surface area contributed by atoms with Crippen LogP contribution >= 0.6 is 0 Å². The van der Waals surface area contributed by atoms with Gasteiger partial charge in [0.1, 0.15) is 11.8 Å². The van der Waals surface area contributed by atoms with E-state index in [0.717, 1.165) is 0 Å². The number of hydrogen-bond donors (Lipinski definition) is 1. The second kappa shape index (κ2) is 4.63. The molecule has 0 saturated heterocycles. The number of nitriles is 1. The van der Waals surface area contributed by atoms with Crippen LogP contribution in [0.3, 0.4) is 0 Å². The van der Waals surface area contributed by atoms with E-state index in [1.54, 1.807) is 0 Å². The highest BCUT2D eigenvalue weighted by atomic mass is 19.4. The summed E-state index contributed by atoms with van der Waals surface area (Å²) in [7, 11) is 0. The lowest BCUT2D eigenvalue weighted by Crippen LogP contribution is -2.14. The van der Waals surface area contributed by atoms with Gasteiger partial charge in [-0.05, 0) is 0 Å². The van der Waals surface area contributed by atoms with E-state index in [1.807, 2.05) is 0 Å². The summed E-state index contributed by atoms with van der Waals surface area (Å²) in [5.74, 6) is 0. The summed E-state index contributed by atoms with van der Waals surface area (Å²) in [4.78, 5) is 3.10. The zero-order chi connectivity index (χ0) is 13.2. The normalized spacial score (nSPS) is 11.6. The summed E-state index contributed by atoms with van der Waals surface area (Å²) in [5.41, 5.74) is -4.48. The van der Waals surface area contributed by atoms with Crippen molar-refractivity contribution in [3.63, 3.8) is 0 Å². The summed E-state index contributed by atoms with van der Waals surface area (Å²) in [5, 5.41) is 17.3. The molecule has 1 aromatic rings. The molecule has 0 unspecified atom stereocenters. The first kappa shape index (κ1) is 13.3. The molecule has 0 fully saturated rings. The zero-order valence-electron chi connectivity index (χ0n) is 8.09. The zero-order valence-corrected chi connectivity index (χ0v) is 8.09. The first-order chi connectivity index (χ1) is 7.82. The van der Waals surface area contributed by atoms with Crippen molar-refractivity contribution in [1.82, 2.24) is 4.98 Å². The molecule has 0 aliphatic rings. The molecule has 3 nitrogen and oxygen atoms in total. The molecular formula is C9H5F5N2O. The van der Waals surface area contributed by atoms with Gasteiger partial charge >= 0.3 is 6.18 Å². The van der Waals surface area contributed by atoms with Crippen LogP contribution in [0.2, 0.25) is 0 Å². The Labute approximate surface area is 92.1 Å². The predicted molar refractivity (Wildman–Crippen MR) is 44.8 cm³/mol. The maximum atomic E-state index is 12.6. The average molecular weight is 252 g/mol. The number of halogens is 5. The highest BCUT2D eigenvalue weighted by Crippen LogP contribution is 2.38. The van der Waals surface area contributed by atoms with E-state index in [1.165, 1.54) is 6.07 Å². The van der Waals surface area contributed by atoms with E-state index in [0.29, 0.717) is 0 Å². The SMILES string of the molecule is N#Cc1ncc(C(F)(F)F)c(C(F)F)c1CO. The van der Waals surface area contributed by atoms with Crippen LogP contribution in [0.5, 0.6) is 0 Å². The first-order valence-electron chi connectivity index (χ1n) is 4.21. The highest BCUT2D eigenvalue weighted by Gasteiger charge is 2.38. The van der Waals surface area contributed by atoms with Crippen LogP contribution in [0.25, 0.3) is 0 Å². The summed E-state index contributed by atoms with van der Waals surface area (Å²) >= 11 is 0. The second-order valence-corrected chi connectivity index (χ2v) is 2.98. The van der Waals surface area contributed by atoms with Gasteiger partial charge in [-0.3, -0.25) is 0 Å². The molecule has 0 aliphatic heterocycles. The van der Waals surface area contributed by atoms with Gasteiger partial charge in [0.25, 0.3) is 6.43 Å². The Balaban J connectivity index is 3.61. The molecule has 0 radical (unpaired) electrons. The van der Waals surface area contributed by atoms with Crippen molar-refractivity contribution in [2.75, 3.05) is 0 Å². The third-order valence-corrected chi connectivity index (χ3v) is 2.01. The van der Waals surface area contributed by atoms with Gasteiger partial charge < -0.3 is 5.11 Å². The summed E-state index contributed by atoms with van der Waals surface area (Å²) in [6.45, 7) is -1.11. The number of aromatic nitrogens is 1. The molecule has 0 bridgehead atoms. The lowest BCUT2D eigenvalue weighted by atomic mass is 10.0. The Hall–Kier alpha value is -1.75. The third-order valence-electron chi connectivity index (χ3n) is 2.01. The van der Waals surface area contributed by atoms with Gasteiger partial charge in [0, 0.05) is 17.3 Å². The molecule has 0 saturated carbocycles. The molecule has 1 heterocycles. The van der Waals surface area contributed by atoms with Gasteiger partial charge in [0.05, 0.1) is 12.2 Å². The first-order valence-corrected chi connectivity index (χ1v) is 4.21. The van der Waals surface area contributed by atoms with Crippen molar-refractivity contribution in [3.05, 3.63) is 28.6 Å². The smallest absolute Gasteiger partial charge is 0.392 e. The van der Waals surface area contributed by atoms with Crippen LogP contribution in [0.1, 0.15) is 28.8 Å². The van der Waals surface area contributed by atoms with Gasteiger partial charge in [-0.2, -0.15) is 18.4 Å². The summed E-state index contributed by atoms with van der Waals surface area (Å²) < 4.78 is 62.4. The number of alkyl halides is 5. The molecule has 0 amide bonds. The number of nitrogens with zero attached hydrogens (tertiary/aromatic N) is 2. The molecule has 0 spiro atoms. The van der Waals surface area contributed by atoms with Crippen molar-refractivity contribution in [2.24, 2.45) is 0 Å². The maximum Gasteiger partial charge on any atom is 0.418 e. The Kier molecular flexibility index (Phi) is 3.63. The van der Waals surface area contributed by atoms with Crippen molar-refractivity contribution in [2.45, 2.75) is 19.2 Å². The topological polar surface area (TPSA) is 56.9 Å². The minimum absolute atomic E-state index is 0.166. The van der Waals surface area contributed by atoms with Crippen LogP contribution in [-0.4, -0.2) is 10.1 Å². The number of pyridine rings is 1. The third kappa shape index (κ3) is 2.50. The van der Waals surface area contributed by atoms with E-state index >= 15 is 0 Å². The fourth-order valence-corrected chi connectivity index (χ4v) is 1.30. The number of hydrogen-bond acceptors (Lipinski definition) is 3. The molecule has 0 atom stereocenters.